The molecule has 1 fully saturated rings. The molecule has 104 valence electrons. The van der Waals surface area contributed by atoms with Crippen molar-refractivity contribution in [3.8, 4) is 11.5 Å². The van der Waals surface area contributed by atoms with Gasteiger partial charge in [-0.2, -0.15) is 0 Å². The topological polar surface area (TPSA) is 71.0 Å². The monoisotopic (exact) mass is 265 g/mol. The highest BCUT2D eigenvalue weighted by Gasteiger charge is 2.29. The molecule has 3 N–H and O–H groups in total. The van der Waals surface area contributed by atoms with Gasteiger partial charge in [-0.25, -0.2) is 0 Å². The predicted octanol–water partition coefficient (Wildman–Crippen LogP) is 0.809. The molecule has 1 aliphatic heterocycles. The van der Waals surface area contributed by atoms with Crippen LogP contribution in [0.5, 0.6) is 11.5 Å². The summed E-state index contributed by atoms with van der Waals surface area (Å²) in [5.74, 6) is 1.85. The molecule has 0 aromatic heterocycles. The van der Waals surface area contributed by atoms with E-state index in [0.29, 0.717) is 30.5 Å². The number of hydrogen-bond acceptors (Lipinski definition) is 5. The van der Waals surface area contributed by atoms with Gasteiger partial charge >= 0.3 is 0 Å². The Hall–Kier alpha value is -1.30. The molecule has 19 heavy (non-hydrogen) atoms. The Morgan fingerprint density at radius 2 is 1.95 bits per heavy atom. The van der Waals surface area contributed by atoms with E-state index in [2.05, 4.69) is 5.32 Å². The van der Waals surface area contributed by atoms with Crippen LogP contribution in [0.25, 0.3) is 0 Å². The van der Waals surface area contributed by atoms with Gasteiger partial charge in [0.1, 0.15) is 0 Å². The zero-order valence-corrected chi connectivity index (χ0v) is 10.7. The van der Waals surface area contributed by atoms with Crippen LogP contribution >= 0.6 is 0 Å². The lowest BCUT2D eigenvalue weighted by atomic mass is 10.1. The molecule has 1 aromatic carbocycles. The minimum atomic E-state index is -0.610. The molecular formula is C14H19NO4. The molecule has 1 heterocycles. The first-order valence-corrected chi connectivity index (χ1v) is 6.70. The molecule has 0 bridgehead atoms. The molecule has 0 spiro atoms. The fourth-order valence-corrected chi connectivity index (χ4v) is 2.25. The highest BCUT2D eigenvalue weighted by Crippen LogP contribution is 2.34. The maximum absolute atomic E-state index is 10.1. The third-order valence-corrected chi connectivity index (χ3v) is 3.64. The van der Waals surface area contributed by atoms with Crippen molar-refractivity contribution < 1.29 is 19.7 Å². The lowest BCUT2D eigenvalue weighted by Gasteiger charge is -2.15. The Morgan fingerprint density at radius 3 is 2.74 bits per heavy atom. The molecule has 1 saturated carbocycles. The number of fused-ring (bicyclic) bond motifs is 1. The first-order valence-electron chi connectivity index (χ1n) is 6.70. The Kier molecular flexibility index (Phi) is 3.59. The number of hydrogen-bond donors (Lipinski definition) is 3. The van der Waals surface area contributed by atoms with Crippen LogP contribution in [0.3, 0.4) is 0 Å². The van der Waals surface area contributed by atoms with Gasteiger partial charge in [0.05, 0.1) is 12.2 Å². The Bertz CT molecular complexity index is 447. The summed E-state index contributed by atoms with van der Waals surface area (Å²) in [5.41, 5.74) is 0.790. The minimum absolute atomic E-state index is 0.237. The van der Waals surface area contributed by atoms with Crippen molar-refractivity contribution in [2.45, 2.75) is 25.0 Å². The van der Waals surface area contributed by atoms with E-state index in [1.165, 1.54) is 0 Å². The van der Waals surface area contributed by atoms with Gasteiger partial charge in [0.25, 0.3) is 0 Å². The smallest absolute Gasteiger partial charge is 0.231 e. The van der Waals surface area contributed by atoms with E-state index in [4.69, 9.17) is 9.47 Å². The molecule has 0 amide bonds. The minimum Gasteiger partial charge on any atom is -0.454 e. The van der Waals surface area contributed by atoms with E-state index in [0.717, 1.165) is 18.4 Å². The third kappa shape index (κ3) is 3.00. The van der Waals surface area contributed by atoms with Crippen molar-refractivity contribution in [2.24, 2.45) is 5.92 Å². The summed E-state index contributed by atoms with van der Waals surface area (Å²) in [6.07, 6.45) is 1.34. The third-order valence-electron chi connectivity index (χ3n) is 3.64. The number of ether oxygens (including phenoxy) is 2. The summed E-state index contributed by atoms with van der Waals surface area (Å²) in [6.45, 7) is 1.19. The van der Waals surface area contributed by atoms with E-state index >= 15 is 0 Å². The molecule has 1 aromatic rings. The van der Waals surface area contributed by atoms with Gasteiger partial charge in [0, 0.05) is 13.1 Å². The second-order valence-electron chi connectivity index (χ2n) is 5.19. The standard InChI is InChI=1S/C14H19NO4/c16-11(9-1-2-9)6-15-7-12(17)10-3-4-13-14(5-10)19-8-18-13/h3-5,9,11-12,15-17H,1-2,6-8H2. The normalized spacial score (nSPS) is 20.3. The lowest BCUT2D eigenvalue weighted by molar-refractivity contribution is 0.132. The number of rotatable bonds is 6. The van der Waals surface area contributed by atoms with Crippen LogP contribution in [0, 0.1) is 5.92 Å². The molecule has 0 radical (unpaired) electrons. The maximum atomic E-state index is 10.1. The van der Waals surface area contributed by atoms with Crippen LogP contribution in [0.15, 0.2) is 18.2 Å². The highest BCUT2D eigenvalue weighted by molar-refractivity contribution is 5.45. The number of nitrogens with one attached hydrogen (secondary N) is 1. The number of aliphatic hydroxyl groups is 2. The average Bonchev–Trinajstić information content (AvgIpc) is 3.16. The van der Waals surface area contributed by atoms with Crippen LogP contribution in [0.2, 0.25) is 0 Å². The number of benzene rings is 1. The van der Waals surface area contributed by atoms with Crippen LogP contribution in [0.4, 0.5) is 0 Å². The number of aliphatic hydroxyl groups excluding tert-OH is 2. The van der Waals surface area contributed by atoms with Gasteiger partial charge in [-0.15, -0.1) is 0 Å². The molecule has 2 atom stereocenters. The van der Waals surface area contributed by atoms with E-state index in [1.807, 2.05) is 6.07 Å². The van der Waals surface area contributed by atoms with Crippen molar-refractivity contribution in [3.63, 3.8) is 0 Å². The van der Waals surface area contributed by atoms with Crippen LogP contribution in [0.1, 0.15) is 24.5 Å². The first-order chi connectivity index (χ1) is 9.24. The summed E-state index contributed by atoms with van der Waals surface area (Å²) >= 11 is 0. The Morgan fingerprint density at radius 1 is 1.16 bits per heavy atom. The second kappa shape index (κ2) is 5.36. The molecule has 2 aliphatic rings. The summed E-state index contributed by atoms with van der Waals surface area (Å²) in [6, 6.07) is 5.43. The van der Waals surface area contributed by atoms with Crippen molar-refractivity contribution in [2.75, 3.05) is 19.9 Å². The van der Waals surface area contributed by atoms with E-state index in [9.17, 15) is 10.2 Å². The van der Waals surface area contributed by atoms with Gasteiger partial charge in [-0.1, -0.05) is 6.07 Å². The maximum Gasteiger partial charge on any atom is 0.231 e. The van der Waals surface area contributed by atoms with Gasteiger partial charge < -0.3 is 25.0 Å². The van der Waals surface area contributed by atoms with E-state index < -0.39 is 6.10 Å². The van der Waals surface area contributed by atoms with Crippen LogP contribution in [-0.2, 0) is 0 Å². The molecular weight excluding hydrogens is 246 g/mol. The fraction of sp³-hybridized carbons (Fsp3) is 0.571. The average molecular weight is 265 g/mol. The zero-order valence-electron chi connectivity index (χ0n) is 10.7. The van der Waals surface area contributed by atoms with Crippen molar-refractivity contribution >= 4 is 0 Å². The van der Waals surface area contributed by atoms with Gasteiger partial charge in [-0.3, -0.25) is 0 Å². The molecule has 1 aliphatic carbocycles. The van der Waals surface area contributed by atoms with Gasteiger partial charge in [0.15, 0.2) is 11.5 Å². The molecule has 2 unspecified atom stereocenters. The van der Waals surface area contributed by atoms with Gasteiger partial charge in [0.2, 0.25) is 6.79 Å². The van der Waals surface area contributed by atoms with Crippen molar-refractivity contribution in [3.05, 3.63) is 23.8 Å². The Labute approximate surface area is 112 Å². The Balaban J connectivity index is 1.50. The van der Waals surface area contributed by atoms with Gasteiger partial charge in [-0.05, 0) is 36.5 Å². The molecule has 0 saturated heterocycles. The van der Waals surface area contributed by atoms with Crippen LogP contribution < -0.4 is 14.8 Å². The molecule has 5 heteroatoms. The van der Waals surface area contributed by atoms with E-state index in [1.54, 1.807) is 12.1 Å². The quantitative estimate of drug-likeness (QED) is 0.710. The zero-order chi connectivity index (χ0) is 13.2. The van der Waals surface area contributed by atoms with Crippen molar-refractivity contribution in [1.29, 1.82) is 0 Å². The largest absolute Gasteiger partial charge is 0.454 e. The van der Waals surface area contributed by atoms with E-state index in [-0.39, 0.29) is 12.9 Å². The van der Waals surface area contributed by atoms with Crippen LogP contribution in [-0.4, -0.2) is 36.2 Å². The fourth-order valence-electron chi connectivity index (χ4n) is 2.25. The summed E-state index contributed by atoms with van der Waals surface area (Å²) in [4.78, 5) is 0. The molecule has 3 rings (SSSR count). The second-order valence-corrected chi connectivity index (χ2v) is 5.19. The summed E-state index contributed by atoms with van der Waals surface area (Å²) in [7, 11) is 0. The first kappa shape index (κ1) is 12.7. The SMILES string of the molecule is OC(CNCC(O)C1CC1)c1ccc2c(c1)OCO2. The predicted molar refractivity (Wildman–Crippen MR) is 69.1 cm³/mol. The molecule has 5 nitrogen and oxygen atoms in total. The summed E-state index contributed by atoms with van der Waals surface area (Å²) in [5, 5.41) is 22.9. The highest BCUT2D eigenvalue weighted by atomic mass is 16.7. The summed E-state index contributed by atoms with van der Waals surface area (Å²) < 4.78 is 10.5. The van der Waals surface area contributed by atoms with Crippen molar-refractivity contribution in [1.82, 2.24) is 5.32 Å². The lowest BCUT2D eigenvalue weighted by Crippen LogP contribution is -2.31.